The zero-order valence-electron chi connectivity index (χ0n) is 11.1. The van der Waals surface area contributed by atoms with Gasteiger partial charge in [0.25, 0.3) is 0 Å². The number of benzene rings is 1. The second-order valence-electron chi connectivity index (χ2n) is 4.96. The lowest BCUT2D eigenvalue weighted by molar-refractivity contribution is 0.158. The lowest BCUT2D eigenvalue weighted by atomic mass is 9.99. The van der Waals surface area contributed by atoms with Crippen molar-refractivity contribution >= 4 is 58.0 Å². The van der Waals surface area contributed by atoms with E-state index in [2.05, 4.69) is 0 Å². The summed E-state index contributed by atoms with van der Waals surface area (Å²) in [4.78, 5) is 0. The van der Waals surface area contributed by atoms with E-state index in [1.807, 2.05) is 13.8 Å². The standard InChI is InChI=1S/C6HCl5O.C6H15NO/c7-1-2(8)4(10)6(12)5(11)3(1)9;1-5(8)4-6(2,3)7/h12H;5,8H,4,7H2,1-3H3/t;5-/m.1/s1. The van der Waals surface area contributed by atoms with Crippen molar-refractivity contribution in [2.45, 2.75) is 38.8 Å². The van der Waals surface area contributed by atoms with Crippen molar-refractivity contribution in [3.8, 4) is 5.75 Å². The Morgan fingerprint density at radius 2 is 1.25 bits per heavy atom. The first kappa shape index (κ1) is 20.4. The SMILES string of the molecule is C[C@@H](O)CC(C)(C)N.Oc1c(Cl)c(Cl)c(Cl)c(Cl)c1Cl. The number of phenolic OH excluding ortho intramolecular Hbond substituents is 1. The monoisotopic (exact) mass is 381 g/mol. The van der Waals surface area contributed by atoms with Crippen LogP contribution in [-0.4, -0.2) is 21.9 Å². The van der Waals surface area contributed by atoms with Crippen molar-refractivity contribution < 1.29 is 10.2 Å². The van der Waals surface area contributed by atoms with Crippen LogP contribution in [0.25, 0.3) is 0 Å². The van der Waals surface area contributed by atoms with Gasteiger partial charge in [0, 0.05) is 5.54 Å². The second-order valence-corrected chi connectivity index (χ2v) is 6.85. The quantitative estimate of drug-likeness (QED) is 0.488. The summed E-state index contributed by atoms with van der Waals surface area (Å²) in [6, 6.07) is 0. The Labute approximate surface area is 143 Å². The molecule has 0 saturated carbocycles. The van der Waals surface area contributed by atoms with Crippen molar-refractivity contribution in [3.63, 3.8) is 0 Å². The molecule has 0 saturated heterocycles. The van der Waals surface area contributed by atoms with Gasteiger partial charge in [0.1, 0.15) is 10.0 Å². The molecule has 0 amide bonds. The summed E-state index contributed by atoms with van der Waals surface area (Å²) in [5.41, 5.74) is 5.35. The maximum Gasteiger partial charge on any atom is 0.155 e. The number of nitrogens with two attached hydrogens (primary N) is 1. The highest BCUT2D eigenvalue weighted by Crippen LogP contribution is 2.47. The first-order chi connectivity index (χ1) is 8.88. The topological polar surface area (TPSA) is 66.5 Å². The van der Waals surface area contributed by atoms with E-state index in [0.29, 0.717) is 6.42 Å². The van der Waals surface area contributed by atoms with E-state index in [1.54, 1.807) is 6.92 Å². The molecule has 1 aromatic rings. The Morgan fingerprint density at radius 3 is 1.45 bits per heavy atom. The van der Waals surface area contributed by atoms with Crippen molar-refractivity contribution in [1.82, 2.24) is 0 Å². The van der Waals surface area contributed by atoms with Crippen LogP contribution in [0.3, 0.4) is 0 Å². The summed E-state index contributed by atoms with van der Waals surface area (Å²) in [5.74, 6) is -0.363. The molecular weight excluding hydrogens is 367 g/mol. The maximum atomic E-state index is 9.20. The van der Waals surface area contributed by atoms with Crippen LogP contribution in [0.2, 0.25) is 25.1 Å². The average molecular weight is 384 g/mol. The number of rotatable bonds is 2. The highest BCUT2D eigenvalue weighted by atomic mass is 35.5. The zero-order chi connectivity index (χ0) is 16.2. The van der Waals surface area contributed by atoms with Crippen LogP contribution in [0, 0.1) is 0 Å². The van der Waals surface area contributed by atoms with E-state index < -0.39 is 0 Å². The third-order valence-corrected chi connectivity index (χ3v) is 4.26. The minimum Gasteiger partial charge on any atom is -0.505 e. The Balaban J connectivity index is 0.000000396. The van der Waals surface area contributed by atoms with Gasteiger partial charge in [0.15, 0.2) is 5.75 Å². The second kappa shape index (κ2) is 8.14. The highest BCUT2D eigenvalue weighted by Gasteiger charge is 2.18. The van der Waals surface area contributed by atoms with Gasteiger partial charge < -0.3 is 15.9 Å². The molecule has 0 radical (unpaired) electrons. The Hall–Kier alpha value is 0.390. The van der Waals surface area contributed by atoms with Crippen molar-refractivity contribution in [3.05, 3.63) is 25.1 Å². The minimum atomic E-state index is -0.363. The number of hydrogen-bond acceptors (Lipinski definition) is 3. The normalized spacial score (nSPS) is 12.7. The zero-order valence-corrected chi connectivity index (χ0v) is 14.9. The molecule has 116 valence electrons. The van der Waals surface area contributed by atoms with Crippen molar-refractivity contribution in [1.29, 1.82) is 0 Å². The summed E-state index contributed by atoms with van der Waals surface area (Å²) < 4.78 is 0. The molecule has 8 heteroatoms. The summed E-state index contributed by atoms with van der Waals surface area (Å²) in [6.45, 7) is 5.55. The van der Waals surface area contributed by atoms with E-state index >= 15 is 0 Å². The number of aliphatic hydroxyl groups is 1. The largest absolute Gasteiger partial charge is 0.505 e. The predicted octanol–water partition coefficient (Wildman–Crippen LogP) is 5.15. The Bertz CT molecular complexity index is 367. The molecule has 1 aromatic carbocycles. The summed E-state index contributed by atoms with van der Waals surface area (Å²) in [6.07, 6.45) is 0.377. The molecule has 0 unspecified atom stereocenters. The lowest BCUT2D eigenvalue weighted by Crippen LogP contribution is -2.35. The van der Waals surface area contributed by atoms with Crippen LogP contribution in [0.4, 0.5) is 0 Å². The molecule has 0 aliphatic carbocycles. The van der Waals surface area contributed by atoms with Crippen LogP contribution in [0.15, 0.2) is 0 Å². The molecule has 0 aliphatic heterocycles. The molecule has 1 atom stereocenters. The lowest BCUT2D eigenvalue weighted by Gasteiger charge is -2.19. The maximum absolute atomic E-state index is 9.20. The summed E-state index contributed by atoms with van der Waals surface area (Å²) >= 11 is 27.9. The fourth-order valence-electron chi connectivity index (χ4n) is 1.35. The summed E-state index contributed by atoms with van der Waals surface area (Å²) in [5, 5.41) is 17.8. The molecule has 0 heterocycles. The van der Waals surface area contributed by atoms with Gasteiger partial charge in [-0.1, -0.05) is 58.0 Å². The van der Waals surface area contributed by atoms with Crippen LogP contribution < -0.4 is 5.73 Å². The first-order valence-electron chi connectivity index (χ1n) is 5.55. The number of aliphatic hydroxyl groups excluding tert-OH is 1. The molecule has 1 rings (SSSR count). The van der Waals surface area contributed by atoms with Crippen molar-refractivity contribution in [2.24, 2.45) is 5.73 Å². The van der Waals surface area contributed by atoms with Crippen LogP contribution in [0.5, 0.6) is 5.75 Å². The highest BCUT2D eigenvalue weighted by molar-refractivity contribution is 6.55. The Kier molecular flexibility index (Phi) is 8.29. The number of phenols is 1. The van der Waals surface area contributed by atoms with Crippen molar-refractivity contribution in [2.75, 3.05) is 0 Å². The van der Waals surface area contributed by atoms with E-state index in [0.717, 1.165) is 0 Å². The molecule has 4 N–H and O–H groups in total. The van der Waals surface area contributed by atoms with Crippen LogP contribution >= 0.6 is 58.0 Å². The van der Waals surface area contributed by atoms with E-state index in [9.17, 15) is 5.11 Å². The third-order valence-electron chi connectivity index (χ3n) is 2.01. The van der Waals surface area contributed by atoms with Gasteiger partial charge in [0.05, 0.1) is 21.2 Å². The third kappa shape index (κ3) is 6.44. The van der Waals surface area contributed by atoms with Gasteiger partial charge >= 0.3 is 0 Å². The molecule has 0 fully saturated rings. The summed E-state index contributed by atoms with van der Waals surface area (Å²) in [7, 11) is 0. The number of aromatic hydroxyl groups is 1. The number of halogens is 5. The molecule has 0 spiro atoms. The first-order valence-corrected chi connectivity index (χ1v) is 7.44. The van der Waals surface area contributed by atoms with Gasteiger partial charge in [-0.15, -0.1) is 0 Å². The average Bonchev–Trinajstić information content (AvgIpc) is 2.29. The fourth-order valence-corrected chi connectivity index (χ4v) is 2.48. The molecule has 0 bridgehead atoms. The van der Waals surface area contributed by atoms with Gasteiger partial charge in [-0.25, -0.2) is 0 Å². The molecule has 3 nitrogen and oxygen atoms in total. The molecule has 0 aliphatic rings. The van der Waals surface area contributed by atoms with E-state index in [4.69, 9.17) is 68.8 Å². The molecule has 0 aromatic heterocycles. The smallest absolute Gasteiger partial charge is 0.155 e. The van der Waals surface area contributed by atoms with E-state index in [-0.39, 0.29) is 42.5 Å². The predicted molar refractivity (Wildman–Crippen MR) is 87.7 cm³/mol. The minimum absolute atomic E-state index is 0.00904. The molecular formula is C12H16Cl5NO2. The van der Waals surface area contributed by atoms with E-state index in [1.165, 1.54) is 0 Å². The van der Waals surface area contributed by atoms with Gasteiger partial charge in [-0.05, 0) is 27.2 Å². The number of hydrogen-bond donors (Lipinski definition) is 3. The molecule has 20 heavy (non-hydrogen) atoms. The van der Waals surface area contributed by atoms with Gasteiger partial charge in [-0.2, -0.15) is 0 Å². The fraction of sp³-hybridized carbons (Fsp3) is 0.500. The van der Waals surface area contributed by atoms with Crippen LogP contribution in [0.1, 0.15) is 27.2 Å². The van der Waals surface area contributed by atoms with Gasteiger partial charge in [-0.3, -0.25) is 0 Å². The Morgan fingerprint density at radius 1 is 0.950 bits per heavy atom. The van der Waals surface area contributed by atoms with Gasteiger partial charge in [0.2, 0.25) is 0 Å². The van der Waals surface area contributed by atoms with Crippen LogP contribution in [-0.2, 0) is 0 Å².